The van der Waals surface area contributed by atoms with Gasteiger partial charge in [0.1, 0.15) is 22.6 Å². The SMILES string of the molecule is Cn1ccnc1C(NC(=O)c1ccc(F)c(S(=O)(=O)N2CCCCC2)c1)c1ccccc1. The van der Waals surface area contributed by atoms with E-state index >= 15 is 0 Å². The molecule has 1 fully saturated rings. The number of nitrogens with one attached hydrogen (secondary N) is 1. The van der Waals surface area contributed by atoms with E-state index < -0.39 is 32.7 Å². The first kappa shape index (κ1) is 22.2. The van der Waals surface area contributed by atoms with E-state index in [1.165, 1.54) is 10.4 Å². The molecule has 1 amide bonds. The van der Waals surface area contributed by atoms with Crippen molar-refractivity contribution in [2.45, 2.75) is 30.2 Å². The van der Waals surface area contributed by atoms with Crippen molar-refractivity contribution in [1.82, 2.24) is 19.2 Å². The van der Waals surface area contributed by atoms with Gasteiger partial charge in [0, 0.05) is 38.1 Å². The molecule has 0 aliphatic carbocycles. The molecule has 1 aromatic heterocycles. The van der Waals surface area contributed by atoms with Crippen molar-refractivity contribution in [2.24, 2.45) is 7.05 Å². The number of aryl methyl sites for hydroxylation is 1. The molecule has 1 aliphatic heterocycles. The summed E-state index contributed by atoms with van der Waals surface area (Å²) in [7, 11) is -2.19. The molecule has 2 aromatic carbocycles. The van der Waals surface area contributed by atoms with Crippen molar-refractivity contribution in [3.63, 3.8) is 0 Å². The summed E-state index contributed by atoms with van der Waals surface area (Å²) >= 11 is 0. The highest BCUT2D eigenvalue weighted by Crippen LogP contribution is 2.25. The highest BCUT2D eigenvalue weighted by molar-refractivity contribution is 7.89. The molecule has 32 heavy (non-hydrogen) atoms. The van der Waals surface area contributed by atoms with Gasteiger partial charge >= 0.3 is 0 Å². The zero-order chi connectivity index (χ0) is 22.7. The second-order valence-electron chi connectivity index (χ2n) is 7.82. The second kappa shape index (κ2) is 9.22. The van der Waals surface area contributed by atoms with E-state index in [1.807, 2.05) is 37.4 Å². The lowest BCUT2D eigenvalue weighted by atomic mass is 10.1. The molecule has 1 aliphatic rings. The lowest BCUT2D eigenvalue weighted by Crippen LogP contribution is -2.36. The van der Waals surface area contributed by atoms with E-state index in [0.717, 1.165) is 37.0 Å². The number of rotatable bonds is 6. The van der Waals surface area contributed by atoms with Gasteiger partial charge in [-0.05, 0) is 36.6 Å². The van der Waals surface area contributed by atoms with Crippen LogP contribution in [0.5, 0.6) is 0 Å². The Bertz CT molecular complexity index is 1200. The first-order valence-corrected chi connectivity index (χ1v) is 11.9. The molecule has 1 atom stereocenters. The number of imidazole rings is 1. The molecule has 4 rings (SSSR count). The molecule has 9 heteroatoms. The van der Waals surface area contributed by atoms with Gasteiger partial charge in [-0.25, -0.2) is 17.8 Å². The summed E-state index contributed by atoms with van der Waals surface area (Å²) < 4.78 is 43.6. The van der Waals surface area contributed by atoms with E-state index in [-0.39, 0.29) is 5.56 Å². The number of carbonyl (C=O) groups is 1. The molecule has 0 radical (unpaired) electrons. The Balaban J connectivity index is 1.65. The Kier molecular flexibility index (Phi) is 6.38. The monoisotopic (exact) mass is 456 g/mol. The minimum absolute atomic E-state index is 0.0668. The third-order valence-corrected chi connectivity index (χ3v) is 7.56. The molecule has 7 nitrogen and oxygen atoms in total. The number of halogens is 1. The van der Waals surface area contributed by atoms with Crippen molar-refractivity contribution < 1.29 is 17.6 Å². The van der Waals surface area contributed by atoms with Gasteiger partial charge in [0.25, 0.3) is 5.91 Å². The quantitative estimate of drug-likeness (QED) is 0.617. The molecule has 0 spiro atoms. The van der Waals surface area contributed by atoms with E-state index in [9.17, 15) is 17.6 Å². The largest absolute Gasteiger partial charge is 0.338 e. The van der Waals surface area contributed by atoms with Gasteiger partial charge in [-0.15, -0.1) is 0 Å². The summed E-state index contributed by atoms with van der Waals surface area (Å²) in [6.45, 7) is 0.709. The first-order valence-electron chi connectivity index (χ1n) is 10.5. The summed E-state index contributed by atoms with van der Waals surface area (Å²) in [6.07, 6.45) is 5.84. The Hall–Kier alpha value is -3.04. The first-order chi connectivity index (χ1) is 15.4. The predicted octanol–water partition coefficient (Wildman–Crippen LogP) is 3.25. The Morgan fingerprint density at radius 2 is 1.81 bits per heavy atom. The Morgan fingerprint density at radius 1 is 1.09 bits per heavy atom. The molecule has 1 N–H and O–H groups in total. The van der Waals surface area contributed by atoms with E-state index in [2.05, 4.69) is 10.3 Å². The Morgan fingerprint density at radius 3 is 2.47 bits per heavy atom. The van der Waals surface area contributed by atoms with Crippen LogP contribution < -0.4 is 5.32 Å². The maximum atomic E-state index is 14.5. The van der Waals surface area contributed by atoms with Gasteiger partial charge in [-0.1, -0.05) is 36.8 Å². The number of carbonyl (C=O) groups excluding carboxylic acids is 1. The van der Waals surface area contributed by atoms with Crippen LogP contribution in [0, 0.1) is 5.82 Å². The summed E-state index contributed by atoms with van der Waals surface area (Å²) in [6, 6.07) is 12.2. The van der Waals surface area contributed by atoms with Crippen molar-refractivity contribution in [1.29, 1.82) is 0 Å². The highest BCUT2D eigenvalue weighted by atomic mass is 32.2. The summed E-state index contributed by atoms with van der Waals surface area (Å²) in [5.41, 5.74) is 0.885. The van der Waals surface area contributed by atoms with Crippen molar-refractivity contribution >= 4 is 15.9 Å². The third kappa shape index (κ3) is 4.44. The van der Waals surface area contributed by atoms with E-state index in [1.54, 1.807) is 17.0 Å². The fraction of sp³-hybridized carbons (Fsp3) is 0.304. The fourth-order valence-electron chi connectivity index (χ4n) is 3.90. The van der Waals surface area contributed by atoms with Crippen LogP contribution in [0.2, 0.25) is 0 Å². The predicted molar refractivity (Wildman–Crippen MR) is 118 cm³/mol. The number of aromatic nitrogens is 2. The van der Waals surface area contributed by atoms with E-state index in [4.69, 9.17) is 0 Å². The molecule has 0 saturated carbocycles. The van der Waals surface area contributed by atoms with Crippen molar-refractivity contribution in [3.05, 3.63) is 83.7 Å². The average molecular weight is 457 g/mol. The fourth-order valence-corrected chi connectivity index (χ4v) is 5.51. The van der Waals surface area contributed by atoms with Gasteiger partial charge in [0.2, 0.25) is 10.0 Å². The number of sulfonamides is 1. The van der Waals surface area contributed by atoms with E-state index in [0.29, 0.717) is 18.9 Å². The third-order valence-electron chi connectivity index (χ3n) is 5.65. The highest BCUT2D eigenvalue weighted by Gasteiger charge is 2.30. The lowest BCUT2D eigenvalue weighted by molar-refractivity contribution is 0.0941. The van der Waals surface area contributed by atoms with Gasteiger partial charge in [-0.2, -0.15) is 4.31 Å². The van der Waals surface area contributed by atoms with Crippen LogP contribution >= 0.6 is 0 Å². The summed E-state index contributed by atoms with van der Waals surface area (Å²) in [5.74, 6) is -0.763. The molecule has 0 bridgehead atoms. The number of nitrogens with zero attached hydrogens (tertiary/aromatic N) is 3. The van der Waals surface area contributed by atoms with Crippen LogP contribution in [-0.2, 0) is 17.1 Å². The van der Waals surface area contributed by atoms with Crippen molar-refractivity contribution in [2.75, 3.05) is 13.1 Å². The minimum atomic E-state index is -4.02. The zero-order valence-corrected chi connectivity index (χ0v) is 18.6. The van der Waals surface area contributed by atoms with Gasteiger partial charge < -0.3 is 9.88 Å². The summed E-state index contributed by atoms with van der Waals surface area (Å²) in [4.78, 5) is 17.0. The number of benzene rings is 2. The van der Waals surface area contributed by atoms with Crippen LogP contribution in [-0.4, -0.2) is 41.3 Å². The second-order valence-corrected chi connectivity index (χ2v) is 9.73. The van der Waals surface area contributed by atoms with Gasteiger partial charge in [0.15, 0.2) is 0 Å². The molecule has 1 saturated heterocycles. The molecule has 2 heterocycles. The van der Waals surface area contributed by atoms with Crippen LogP contribution in [0.25, 0.3) is 0 Å². The molecule has 3 aromatic rings. The number of piperidine rings is 1. The normalized spacial score (nSPS) is 15.9. The molecular formula is C23H25FN4O3S. The molecule has 1 unspecified atom stereocenters. The van der Waals surface area contributed by atoms with Gasteiger partial charge in [-0.3, -0.25) is 4.79 Å². The maximum Gasteiger partial charge on any atom is 0.252 e. The topological polar surface area (TPSA) is 84.3 Å². The molecule has 168 valence electrons. The van der Waals surface area contributed by atoms with Crippen LogP contribution in [0.1, 0.15) is 47.1 Å². The minimum Gasteiger partial charge on any atom is -0.338 e. The van der Waals surface area contributed by atoms with Crippen LogP contribution in [0.3, 0.4) is 0 Å². The molecular weight excluding hydrogens is 431 g/mol. The average Bonchev–Trinajstić information content (AvgIpc) is 3.24. The zero-order valence-electron chi connectivity index (χ0n) is 17.7. The Labute approximate surface area is 186 Å². The number of hydrogen-bond donors (Lipinski definition) is 1. The smallest absolute Gasteiger partial charge is 0.252 e. The van der Waals surface area contributed by atoms with Crippen molar-refractivity contribution in [3.8, 4) is 0 Å². The lowest BCUT2D eigenvalue weighted by Gasteiger charge is -2.26. The number of amides is 1. The number of hydrogen-bond acceptors (Lipinski definition) is 4. The van der Waals surface area contributed by atoms with Crippen LogP contribution in [0.4, 0.5) is 4.39 Å². The summed E-state index contributed by atoms with van der Waals surface area (Å²) in [5, 5.41) is 2.92. The van der Waals surface area contributed by atoms with Gasteiger partial charge in [0.05, 0.1) is 0 Å². The standard InChI is InChI=1S/C23H25FN4O3S/c1-27-15-12-25-22(27)21(17-8-4-2-5-9-17)26-23(29)18-10-11-19(24)20(16-18)32(30,31)28-13-6-3-7-14-28/h2,4-5,8-12,15-16,21H,3,6-7,13-14H2,1H3,(H,26,29). The maximum absolute atomic E-state index is 14.5. The van der Waals surface area contributed by atoms with Crippen LogP contribution in [0.15, 0.2) is 65.8 Å².